The highest BCUT2D eigenvalue weighted by Gasteiger charge is 2.67. The van der Waals surface area contributed by atoms with Crippen molar-refractivity contribution in [3.05, 3.63) is 72.0 Å². The summed E-state index contributed by atoms with van der Waals surface area (Å²) < 4.78 is 5.93. The fraction of sp³-hybridized carbons (Fsp3) is 0.261. The second kappa shape index (κ2) is 6.53. The predicted molar refractivity (Wildman–Crippen MR) is 107 cm³/mol. The zero-order valence-electron chi connectivity index (χ0n) is 16.2. The first-order chi connectivity index (χ1) is 14.4. The second-order valence-corrected chi connectivity index (χ2v) is 8.07. The molecule has 3 aromatic rings. The summed E-state index contributed by atoms with van der Waals surface area (Å²) in [6.45, 7) is 1.58. The molecule has 0 aliphatic carbocycles. The minimum atomic E-state index is -1.58. The van der Waals surface area contributed by atoms with Crippen LogP contribution in [0.2, 0.25) is 0 Å². The zero-order valence-corrected chi connectivity index (χ0v) is 16.2. The molecule has 152 valence electrons. The fourth-order valence-corrected chi connectivity index (χ4v) is 4.72. The van der Waals surface area contributed by atoms with Crippen molar-refractivity contribution in [2.75, 3.05) is 0 Å². The molecule has 4 atom stereocenters. The van der Waals surface area contributed by atoms with Crippen molar-refractivity contribution in [3.63, 3.8) is 0 Å². The maximum absolute atomic E-state index is 13.3. The van der Waals surface area contributed by atoms with E-state index in [1.54, 1.807) is 6.07 Å². The molecule has 30 heavy (non-hydrogen) atoms. The Morgan fingerprint density at radius 2 is 1.80 bits per heavy atom. The number of fused-ring (bicyclic) bond motifs is 2. The van der Waals surface area contributed by atoms with Crippen LogP contribution in [0.3, 0.4) is 0 Å². The second-order valence-electron chi connectivity index (χ2n) is 8.07. The van der Waals surface area contributed by atoms with Gasteiger partial charge >= 0.3 is 5.97 Å². The number of carbonyl (C=O) groups excluding carboxylic acids is 2. The van der Waals surface area contributed by atoms with Gasteiger partial charge in [0.15, 0.2) is 0 Å². The highest BCUT2D eigenvalue weighted by Crippen LogP contribution is 2.49. The van der Waals surface area contributed by atoms with Gasteiger partial charge in [0, 0.05) is 5.39 Å². The van der Waals surface area contributed by atoms with Gasteiger partial charge in [-0.1, -0.05) is 48.5 Å². The highest BCUT2D eigenvalue weighted by molar-refractivity contribution is 6.09. The van der Waals surface area contributed by atoms with Gasteiger partial charge < -0.3 is 9.52 Å². The van der Waals surface area contributed by atoms with Gasteiger partial charge in [0.25, 0.3) is 0 Å². The van der Waals surface area contributed by atoms with Crippen molar-refractivity contribution < 1.29 is 23.9 Å². The van der Waals surface area contributed by atoms with Crippen LogP contribution in [0.15, 0.2) is 65.1 Å². The molecule has 2 N–H and O–H groups in total. The molecule has 2 fully saturated rings. The van der Waals surface area contributed by atoms with E-state index in [9.17, 15) is 19.5 Å². The zero-order chi connectivity index (χ0) is 21.0. The number of aliphatic carboxylic acids is 1. The van der Waals surface area contributed by atoms with E-state index in [4.69, 9.17) is 4.42 Å². The van der Waals surface area contributed by atoms with E-state index in [0.29, 0.717) is 11.3 Å². The summed E-state index contributed by atoms with van der Waals surface area (Å²) in [4.78, 5) is 39.9. The van der Waals surface area contributed by atoms with E-state index in [1.165, 1.54) is 11.8 Å². The Morgan fingerprint density at radius 3 is 2.50 bits per heavy atom. The molecule has 7 heteroatoms. The van der Waals surface area contributed by atoms with Crippen molar-refractivity contribution in [3.8, 4) is 0 Å². The summed E-state index contributed by atoms with van der Waals surface area (Å²) in [6, 6.07) is 17.7. The highest BCUT2D eigenvalue weighted by atomic mass is 16.4. The van der Waals surface area contributed by atoms with Gasteiger partial charge in [-0.15, -0.1) is 0 Å². The van der Waals surface area contributed by atoms with E-state index in [2.05, 4.69) is 5.32 Å². The summed E-state index contributed by atoms with van der Waals surface area (Å²) in [5.74, 6) is -3.41. The number of carbonyl (C=O) groups is 3. The number of nitrogens with one attached hydrogen (secondary N) is 1. The van der Waals surface area contributed by atoms with Crippen molar-refractivity contribution in [1.82, 2.24) is 10.2 Å². The topological polar surface area (TPSA) is 99.8 Å². The van der Waals surface area contributed by atoms with Gasteiger partial charge in [0.1, 0.15) is 16.9 Å². The summed E-state index contributed by atoms with van der Waals surface area (Å²) >= 11 is 0. The number of imide groups is 1. The number of hydrogen-bond donors (Lipinski definition) is 2. The number of carboxylic acids is 1. The van der Waals surface area contributed by atoms with Crippen LogP contribution in [-0.2, 0) is 20.9 Å². The quantitative estimate of drug-likeness (QED) is 0.649. The molecule has 7 nitrogen and oxygen atoms in total. The largest absolute Gasteiger partial charge is 0.480 e. The summed E-state index contributed by atoms with van der Waals surface area (Å²) in [5.41, 5.74) is -0.121. The minimum absolute atomic E-state index is 0.119. The molecule has 0 spiro atoms. The number of furan rings is 1. The molecule has 2 saturated heterocycles. The first kappa shape index (κ1) is 18.6. The number of para-hydroxylation sites is 1. The molecular formula is C23H20N2O5. The Hall–Kier alpha value is -3.45. The third-order valence-corrected chi connectivity index (χ3v) is 6.26. The van der Waals surface area contributed by atoms with Gasteiger partial charge in [-0.25, -0.2) is 0 Å². The minimum Gasteiger partial charge on any atom is -0.480 e. The summed E-state index contributed by atoms with van der Waals surface area (Å²) in [6.07, 6.45) is 0. The van der Waals surface area contributed by atoms with Crippen LogP contribution in [-0.4, -0.2) is 33.3 Å². The van der Waals surface area contributed by atoms with Crippen LogP contribution in [0.25, 0.3) is 11.0 Å². The number of hydrogen-bond acceptors (Lipinski definition) is 5. The van der Waals surface area contributed by atoms with Gasteiger partial charge in [0.2, 0.25) is 11.8 Å². The summed E-state index contributed by atoms with van der Waals surface area (Å²) in [5, 5.41) is 13.8. The molecule has 0 bridgehead atoms. The van der Waals surface area contributed by atoms with Crippen molar-refractivity contribution >= 4 is 28.8 Å². The van der Waals surface area contributed by atoms with Crippen LogP contribution >= 0.6 is 0 Å². The van der Waals surface area contributed by atoms with E-state index >= 15 is 0 Å². The molecule has 0 radical (unpaired) electrons. The number of likely N-dealkylation sites (tertiary alicyclic amines) is 1. The van der Waals surface area contributed by atoms with Crippen molar-refractivity contribution in [2.45, 2.75) is 25.0 Å². The Labute approximate surface area is 172 Å². The third kappa shape index (κ3) is 2.59. The lowest BCUT2D eigenvalue weighted by molar-refractivity contribution is -0.150. The van der Waals surface area contributed by atoms with Crippen molar-refractivity contribution in [2.24, 2.45) is 11.8 Å². The molecule has 3 heterocycles. The van der Waals surface area contributed by atoms with E-state index in [0.717, 1.165) is 10.9 Å². The first-order valence-corrected chi connectivity index (χ1v) is 9.79. The lowest BCUT2D eigenvalue weighted by Gasteiger charge is -2.26. The van der Waals surface area contributed by atoms with E-state index < -0.39 is 35.3 Å². The number of carboxylic acid groups (broad SMARTS) is 1. The van der Waals surface area contributed by atoms with Crippen molar-refractivity contribution in [1.29, 1.82) is 0 Å². The molecule has 0 saturated carbocycles. The number of nitrogens with zero attached hydrogens (tertiary/aromatic N) is 1. The van der Waals surface area contributed by atoms with Gasteiger partial charge in [0.05, 0.1) is 24.4 Å². The Bertz CT molecular complexity index is 1140. The third-order valence-electron chi connectivity index (χ3n) is 6.26. The van der Waals surface area contributed by atoms with Gasteiger partial charge in [-0.05, 0) is 24.6 Å². The van der Waals surface area contributed by atoms with Crippen LogP contribution in [0.1, 0.15) is 24.3 Å². The predicted octanol–water partition coefficient (Wildman–Crippen LogP) is 2.72. The Morgan fingerprint density at radius 1 is 1.10 bits per heavy atom. The Kier molecular flexibility index (Phi) is 4.04. The monoisotopic (exact) mass is 404 g/mol. The van der Waals surface area contributed by atoms with Crippen LogP contribution in [0.4, 0.5) is 0 Å². The molecule has 2 aromatic carbocycles. The first-order valence-electron chi connectivity index (χ1n) is 9.79. The molecule has 4 unspecified atom stereocenters. The maximum Gasteiger partial charge on any atom is 0.324 e. The smallest absolute Gasteiger partial charge is 0.324 e. The SMILES string of the molecule is CC1(C(=O)O)NC(c2cc3ccccc3o2)C2C(=O)N(Cc3ccccc3)C(=O)C21. The molecule has 2 amide bonds. The van der Waals surface area contributed by atoms with Gasteiger partial charge in [-0.2, -0.15) is 0 Å². The van der Waals surface area contributed by atoms with E-state index in [-0.39, 0.29) is 12.5 Å². The number of amides is 2. The van der Waals surface area contributed by atoms with Crippen LogP contribution in [0.5, 0.6) is 0 Å². The molecule has 5 rings (SSSR count). The van der Waals surface area contributed by atoms with Crippen LogP contribution in [0, 0.1) is 11.8 Å². The average Bonchev–Trinajstić information content (AvgIpc) is 3.37. The summed E-state index contributed by atoms with van der Waals surface area (Å²) in [7, 11) is 0. The molecular weight excluding hydrogens is 384 g/mol. The van der Waals surface area contributed by atoms with Crippen LogP contribution < -0.4 is 5.32 Å². The standard InChI is InChI=1S/C23H20N2O5/c1-23(22(28)29)18-17(19(24-23)16-11-14-9-5-6-10-15(14)30-16)20(26)25(21(18)27)12-13-7-3-2-4-8-13/h2-11,17-19,24H,12H2,1H3,(H,28,29). The average molecular weight is 404 g/mol. The number of rotatable bonds is 4. The van der Waals surface area contributed by atoms with E-state index in [1.807, 2.05) is 54.6 Å². The van der Waals surface area contributed by atoms with Gasteiger partial charge in [-0.3, -0.25) is 24.6 Å². The molecule has 2 aliphatic rings. The Balaban J connectivity index is 1.57. The lowest BCUT2D eigenvalue weighted by atomic mass is 9.81. The number of benzene rings is 2. The molecule has 2 aliphatic heterocycles. The fourth-order valence-electron chi connectivity index (χ4n) is 4.72. The molecule has 1 aromatic heterocycles. The maximum atomic E-state index is 13.3. The lowest BCUT2D eigenvalue weighted by Crippen LogP contribution is -2.53. The normalized spacial score (nSPS) is 28.3.